The smallest absolute Gasteiger partial charge is 0.335 e. The van der Waals surface area contributed by atoms with Crippen molar-refractivity contribution in [2.45, 2.75) is 18.7 Å². The van der Waals surface area contributed by atoms with Gasteiger partial charge in [-0.3, -0.25) is 0 Å². The molecule has 0 saturated heterocycles. The second kappa shape index (κ2) is 5.86. The van der Waals surface area contributed by atoms with Crippen LogP contribution in [0.25, 0.3) is 0 Å². The summed E-state index contributed by atoms with van der Waals surface area (Å²) in [5.41, 5.74) is 1.01. The molecule has 86 valence electrons. The molecule has 0 heterocycles. The fourth-order valence-corrected chi connectivity index (χ4v) is 2.35. The summed E-state index contributed by atoms with van der Waals surface area (Å²) in [5, 5.41) is 8.95. The third-order valence-electron chi connectivity index (χ3n) is 1.97. The molecule has 5 heteroatoms. The number of hydrogen-bond donors (Lipinski definition) is 1. The Balaban J connectivity index is 2.93. The highest BCUT2D eigenvalue weighted by molar-refractivity contribution is 8.22. The summed E-state index contributed by atoms with van der Waals surface area (Å²) in [7, 11) is 0. The fourth-order valence-electron chi connectivity index (χ4n) is 1.19. The van der Waals surface area contributed by atoms with Gasteiger partial charge in [0.1, 0.15) is 0 Å². The van der Waals surface area contributed by atoms with E-state index in [0.29, 0.717) is 22.1 Å². The first-order valence-electron chi connectivity index (χ1n) is 4.73. The Bertz CT molecular complexity index is 416. The topological polar surface area (TPSA) is 46.5 Å². The second-order valence-corrected chi connectivity index (χ2v) is 4.66. The average Bonchev–Trinajstić information content (AvgIpc) is 2.21. The van der Waals surface area contributed by atoms with Crippen molar-refractivity contribution in [3.63, 3.8) is 0 Å². The fraction of sp³-hybridized carbons (Fsp3) is 0.273. The molecule has 3 nitrogen and oxygen atoms in total. The van der Waals surface area contributed by atoms with Crippen molar-refractivity contribution < 1.29 is 14.6 Å². The maximum atomic E-state index is 10.9. The number of thiocarbonyl (C=S) groups is 1. The van der Waals surface area contributed by atoms with E-state index in [1.165, 1.54) is 11.8 Å². The van der Waals surface area contributed by atoms with Crippen molar-refractivity contribution in [1.29, 1.82) is 0 Å². The molecule has 1 aromatic rings. The molecule has 0 aliphatic rings. The zero-order valence-electron chi connectivity index (χ0n) is 9.02. The van der Waals surface area contributed by atoms with E-state index in [1.54, 1.807) is 19.1 Å². The molecule has 0 radical (unpaired) electrons. The number of benzene rings is 1. The molecular weight excluding hydrogens is 244 g/mol. The van der Waals surface area contributed by atoms with Crippen LogP contribution in [0.15, 0.2) is 23.1 Å². The zero-order chi connectivity index (χ0) is 12.1. The highest BCUT2D eigenvalue weighted by Crippen LogP contribution is 2.26. The van der Waals surface area contributed by atoms with E-state index in [4.69, 9.17) is 22.1 Å². The molecule has 0 aliphatic carbocycles. The SMILES string of the molecule is CCOC(=S)Sc1cccc(C(=O)O)c1C. The van der Waals surface area contributed by atoms with Gasteiger partial charge in [0.05, 0.1) is 12.2 Å². The van der Waals surface area contributed by atoms with E-state index < -0.39 is 5.97 Å². The van der Waals surface area contributed by atoms with Crippen molar-refractivity contribution in [2.24, 2.45) is 0 Å². The van der Waals surface area contributed by atoms with E-state index in [-0.39, 0.29) is 0 Å². The Kier molecular flexibility index (Phi) is 4.76. The van der Waals surface area contributed by atoms with E-state index in [0.717, 1.165) is 4.90 Å². The van der Waals surface area contributed by atoms with Gasteiger partial charge in [-0.1, -0.05) is 6.07 Å². The molecule has 0 atom stereocenters. The Morgan fingerprint density at radius 3 is 2.81 bits per heavy atom. The summed E-state index contributed by atoms with van der Waals surface area (Å²) in [6.45, 7) is 4.14. The number of rotatable bonds is 3. The molecule has 1 aromatic carbocycles. The number of thioether (sulfide) groups is 1. The van der Waals surface area contributed by atoms with Gasteiger partial charge in [0.2, 0.25) is 4.38 Å². The number of carbonyl (C=O) groups is 1. The van der Waals surface area contributed by atoms with Crippen LogP contribution >= 0.6 is 24.0 Å². The van der Waals surface area contributed by atoms with E-state index in [2.05, 4.69) is 0 Å². The van der Waals surface area contributed by atoms with Crippen LogP contribution in [0.1, 0.15) is 22.8 Å². The van der Waals surface area contributed by atoms with E-state index in [1.807, 2.05) is 13.0 Å². The third-order valence-corrected chi connectivity index (χ3v) is 3.28. The molecular formula is C11H12O3S2. The van der Waals surface area contributed by atoms with Gasteiger partial charge in [-0.15, -0.1) is 0 Å². The summed E-state index contributed by atoms with van der Waals surface area (Å²) < 4.78 is 5.56. The molecule has 16 heavy (non-hydrogen) atoms. The van der Waals surface area contributed by atoms with Crippen LogP contribution in [0, 0.1) is 6.92 Å². The minimum absolute atomic E-state index is 0.296. The van der Waals surface area contributed by atoms with E-state index >= 15 is 0 Å². The van der Waals surface area contributed by atoms with E-state index in [9.17, 15) is 4.79 Å². The van der Waals surface area contributed by atoms with Gasteiger partial charge in [0.15, 0.2) is 0 Å². The number of ether oxygens (including phenoxy) is 1. The van der Waals surface area contributed by atoms with Gasteiger partial charge in [-0.25, -0.2) is 4.79 Å². The van der Waals surface area contributed by atoms with Crippen LogP contribution < -0.4 is 0 Å². The Morgan fingerprint density at radius 1 is 1.56 bits per heavy atom. The van der Waals surface area contributed by atoms with Crippen LogP contribution in [-0.4, -0.2) is 22.1 Å². The minimum atomic E-state index is -0.928. The molecule has 1 N–H and O–H groups in total. The van der Waals surface area contributed by atoms with Crippen LogP contribution in [0.2, 0.25) is 0 Å². The highest BCUT2D eigenvalue weighted by atomic mass is 32.2. The molecule has 1 rings (SSSR count). The van der Waals surface area contributed by atoms with Gasteiger partial charge in [-0.05, 0) is 55.5 Å². The van der Waals surface area contributed by atoms with Gasteiger partial charge in [-0.2, -0.15) is 0 Å². The minimum Gasteiger partial charge on any atom is -0.479 e. The average molecular weight is 256 g/mol. The largest absolute Gasteiger partial charge is 0.479 e. The summed E-state index contributed by atoms with van der Waals surface area (Å²) in [5.74, 6) is -0.928. The molecule has 0 spiro atoms. The maximum absolute atomic E-state index is 10.9. The lowest BCUT2D eigenvalue weighted by Crippen LogP contribution is -2.02. The lowest BCUT2D eigenvalue weighted by molar-refractivity contribution is 0.0696. The first-order chi connectivity index (χ1) is 7.56. The van der Waals surface area contributed by atoms with Crippen LogP contribution in [0.3, 0.4) is 0 Å². The molecule has 0 saturated carbocycles. The highest BCUT2D eigenvalue weighted by Gasteiger charge is 2.11. The number of carboxylic acids is 1. The molecule has 0 bridgehead atoms. The Hall–Kier alpha value is -1.07. The predicted octanol–water partition coefficient (Wildman–Crippen LogP) is 3.11. The van der Waals surface area contributed by atoms with Crippen molar-refractivity contribution in [3.05, 3.63) is 29.3 Å². The number of hydrogen-bond acceptors (Lipinski definition) is 4. The number of carboxylic acid groups (broad SMARTS) is 1. The first-order valence-corrected chi connectivity index (χ1v) is 5.96. The van der Waals surface area contributed by atoms with Crippen LogP contribution in [0.5, 0.6) is 0 Å². The van der Waals surface area contributed by atoms with Gasteiger partial charge in [0.25, 0.3) is 0 Å². The molecule has 0 aromatic heterocycles. The van der Waals surface area contributed by atoms with Gasteiger partial charge in [0, 0.05) is 4.90 Å². The summed E-state index contributed by atoms with van der Waals surface area (Å²) in [6.07, 6.45) is 0. The lowest BCUT2D eigenvalue weighted by atomic mass is 10.1. The molecule has 0 unspecified atom stereocenters. The zero-order valence-corrected chi connectivity index (χ0v) is 10.7. The maximum Gasteiger partial charge on any atom is 0.335 e. The number of aromatic carboxylic acids is 1. The first kappa shape index (κ1) is 13.0. The van der Waals surface area contributed by atoms with Crippen LogP contribution in [-0.2, 0) is 4.74 Å². The van der Waals surface area contributed by atoms with Crippen molar-refractivity contribution >= 4 is 34.3 Å². The Labute approximate surface area is 104 Å². The van der Waals surface area contributed by atoms with Crippen molar-refractivity contribution in [3.8, 4) is 0 Å². The summed E-state index contributed by atoms with van der Waals surface area (Å²) in [6, 6.07) is 5.11. The Morgan fingerprint density at radius 2 is 2.25 bits per heavy atom. The van der Waals surface area contributed by atoms with Crippen LogP contribution in [0.4, 0.5) is 0 Å². The van der Waals surface area contributed by atoms with Gasteiger partial charge < -0.3 is 9.84 Å². The molecule has 0 aliphatic heterocycles. The van der Waals surface area contributed by atoms with Gasteiger partial charge >= 0.3 is 5.97 Å². The normalized spacial score (nSPS) is 9.88. The van der Waals surface area contributed by atoms with Crippen molar-refractivity contribution in [2.75, 3.05) is 6.61 Å². The lowest BCUT2D eigenvalue weighted by Gasteiger charge is -2.08. The standard InChI is InChI=1S/C11H12O3S2/c1-3-14-11(15)16-9-6-4-5-8(7(9)2)10(12)13/h4-6H,3H2,1-2H3,(H,12,13). The summed E-state index contributed by atoms with van der Waals surface area (Å²) in [4.78, 5) is 11.7. The monoisotopic (exact) mass is 256 g/mol. The quantitative estimate of drug-likeness (QED) is 0.665. The molecule has 0 amide bonds. The second-order valence-electron chi connectivity index (χ2n) is 3.02. The van der Waals surface area contributed by atoms with Crippen molar-refractivity contribution in [1.82, 2.24) is 0 Å². The summed E-state index contributed by atoms with van der Waals surface area (Å²) >= 11 is 6.27. The predicted molar refractivity (Wildman–Crippen MR) is 68.2 cm³/mol. The molecule has 0 fully saturated rings. The third kappa shape index (κ3) is 3.21.